The van der Waals surface area contributed by atoms with Crippen LogP contribution in [0, 0.1) is 6.92 Å². The quantitative estimate of drug-likeness (QED) is 0.827. The molecule has 0 radical (unpaired) electrons. The van der Waals surface area contributed by atoms with Gasteiger partial charge < -0.3 is 5.11 Å². The molecule has 2 aromatic carbocycles. The lowest BCUT2D eigenvalue weighted by molar-refractivity contribution is 0.178. The van der Waals surface area contributed by atoms with Crippen molar-refractivity contribution in [3.8, 4) is 0 Å². The standard InChI is InChI=1S/C15H16O/c1-12-7-9-14(10-8-12)15(16)11-13-5-3-2-4-6-13/h2-10,15-16H,11H2,1H3/t15-/m1/s1. The van der Waals surface area contributed by atoms with Crippen molar-refractivity contribution in [3.05, 3.63) is 71.3 Å². The van der Waals surface area contributed by atoms with Crippen molar-refractivity contribution in [2.24, 2.45) is 0 Å². The normalized spacial score (nSPS) is 12.4. The van der Waals surface area contributed by atoms with Gasteiger partial charge in [0.1, 0.15) is 0 Å². The molecule has 0 bridgehead atoms. The molecular formula is C15H16O. The van der Waals surface area contributed by atoms with Gasteiger partial charge >= 0.3 is 0 Å². The first-order valence-electron chi connectivity index (χ1n) is 5.54. The maximum Gasteiger partial charge on any atom is 0.0830 e. The monoisotopic (exact) mass is 212 g/mol. The van der Waals surface area contributed by atoms with Crippen LogP contribution in [0.5, 0.6) is 0 Å². The molecule has 2 aromatic rings. The minimum absolute atomic E-state index is 0.414. The highest BCUT2D eigenvalue weighted by atomic mass is 16.3. The summed E-state index contributed by atoms with van der Waals surface area (Å²) in [5.74, 6) is 0. The summed E-state index contributed by atoms with van der Waals surface area (Å²) in [7, 11) is 0. The van der Waals surface area contributed by atoms with E-state index in [9.17, 15) is 5.11 Å². The van der Waals surface area contributed by atoms with Gasteiger partial charge in [0.25, 0.3) is 0 Å². The van der Waals surface area contributed by atoms with Gasteiger partial charge in [0, 0.05) is 6.42 Å². The molecule has 0 aliphatic carbocycles. The smallest absolute Gasteiger partial charge is 0.0830 e. The SMILES string of the molecule is Cc1ccc([C@H](O)Cc2ccccc2)cc1. The molecule has 0 aliphatic rings. The van der Waals surface area contributed by atoms with Crippen molar-refractivity contribution in [3.63, 3.8) is 0 Å². The van der Waals surface area contributed by atoms with Crippen molar-refractivity contribution in [2.45, 2.75) is 19.4 Å². The van der Waals surface area contributed by atoms with E-state index in [2.05, 4.69) is 0 Å². The molecular weight excluding hydrogens is 196 g/mol. The average Bonchev–Trinajstić information content (AvgIpc) is 2.31. The molecule has 1 atom stereocenters. The van der Waals surface area contributed by atoms with Crippen molar-refractivity contribution < 1.29 is 5.11 Å². The molecule has 0 aliphatic heterocycles. The van der Waals surface area contributed by atoms with Gasteiger partial charge in [-0.25, -0.2) is 0 Å². The minimum atomic E-state index is -0.414. The van der Waals surface area contributed by atoms with Gasteiger partial charge in [-0.1, -0.05) is 60.2 Å². The fraction of sp³-hybridized carbons (Fsp3) is 0.200. The van der Waals surface area contributed by atoms with Gasteiger partial charge in [0.15, 0.2) is 0 Å². The predicted octanol–water partition coefficient (Wildman–Crippen LogP) is 3.27. The van der Waals surface area contributed by atoms with Gasteiger partial charge in [-0.15, -0.1) is 0 Å². The molecule has 1 heteroatoms. The number of benzene rings is 2. The lowest BCUT2D eigenvalue weighted by Gasteiger charge is -2.11. The Morgan fingerprint density at radius 1 is 0.938 bits per heavy atom. The van der Waals surface area contributed by atoms with Crippen LogP contribution in [-0.4, -0.2) is 5.11 Å². The summed E-state index contributed by atoms with van der Waals surface area (Å²) in [6.07, 6.45) is 0.257. The molecule has 2 rings (SSSR count). The molecule has 0 amide bonds. The van der Waals surface area contributed by atoms with Gasteiger partial charge in [-0.05, 0) is 18.1 Å². The number of aliphatic hydroxyl groups excluding tert-OH is 1. The van der Waals surface area contributed by atoms with E-state index >= 15 is 0 Å². The second-order valence-electron chi connectivity index (χ2n) is 4.12. The van der Waals surface area contributed by atoms with Crippen LogP contribution < -0.4 is 0 Å². The first-order valence-corrected chi connectivity index (χ1v) is 5.54. The van der Waals surface area contributed by atoms with Gasteiger partial charge in [-0.3, -0.25) is 0 Å². The number of rotatable bonds is 3. The molecule has 0 saturated heterocycles. The molecule has 1 nitrogen and oxygen atoms in total. The summed E-state index contributed by atoms with van der Waals surface area (Å²) in [6, 6.07) is 18.1. The highest BCUT2D eigenvalue weighted by molar-refractivity contribution is 5.25. The fourth-order valence-corrected chi connectivity index (χ4v) is 1.74. The first-order chi connectivity index (χ1) is 7.75. The van der Waals surface area contributed by atoms with Crippen molar-refractivity contribution in [2.75, 3.05) is 0 Å². The van der Waals surface area contributed by atoms with E-state index in [1.807, 2.05) is 61.5 Å². The Kier molecular flexibility index (Phi) is 3.37. The first kappa shape index (κ1) is 10.9. The summed E-state index contributed by atoms with van der Waals surface area (Å²) in [5.41, 5.74) is 3.36. The molecule has 82 valence electrons. The average molecular weight is 212 g/mol. The molecule has 0 fully saturated rings. The van der Waals surface area contributed by atoms with Crippen molar-refractivity contribution in [1.82, 2.24) is 0 Å². The second-order valence-corrected chi connectivity index (χ2v) is 4.12. The molecule has 0 spiro atoms. The van der Waals surface area contributed by atoms with Crippen LogP contribution >= 0.6 is 0 Å². The number of hydrogen-bond acceptors (Lipinski definition) is 1. The Morgan fingerprint density at radius 3 is 2.19 bits per heavy atom. The van der Waals surface area contributed by atoms with E-state index in [4.69, 9.17) is 0 Å². The Labute approximate surface area is 96.4 Å². The third-order valence-electron chi connectivity index (χ3n) is 2.73. The number of hydrogen-bond donors (Lipinski definition) is 1. The number of aryl methyl sites for hydroxylation is 1. The van der Waals surface area contributed by atoms with E-state index in [-0.39, 0.29) is 0 Å². The summed E-state index contributed by atoms with van der Waals surface area (Å²) >= 11 is 0. The van der Waals surface area contributed by atoms with Crippen LogP contribution in [0.3, 0.4) is 0 Å². The Bertz CT molecular complexity index is 431. The van der Waals surface area contributed by atoms with Crippen LogP contribution in [0.25, 0.3) is 0 Å². The van der Waals surface area contributed by atoms with Crippen molar-refractivity contribution in [1.29, 1.82) is 0 Å². The summed E-state index contributed by atoms with van der Waals surface area (Å²) in [4.78, 5) is 0. The summed E-state index contributed by atoms with van der Waals surface area (Å²) < 4.78 is 0. The Hall–Kier alpha value is -1.60. The van der Waals surface area contributed by atoms with E-state index in [0.717, 1.165) is 11.1 Å². The van der Waals surface area contributed by atoms with E-state index in [1.54, 1.807) is 0 Å². The molecule has 0 heterocycles. The highest BCUT2D eigenvalue weighted by Crippen LogP contribution is 2.18. The molecule has 0 aromatic heterocycles. The third kappa shape index (κ3) is 2.71. The summed E-state index contributed by atoms with van der Waals surface area (Å²) in [6.45, 7) is 2.05. The van der Waals surface area contributed by atoms with Gasteiger partial charge in [-0.2, -0.15) is 0 Å². The molecule has 16 heavy (non-hydrogen) atoms. The van der Waals surface area contributed by atoms with E-state index in [1.165, 1.54) is 5.56 Å². The Morgan fingerprint density at radius 2 is 1.56 bits per heavy atom. The largest absolute Gasteiger partial charge is 0.388 e. The summed E-state index contributed by atoms with van der Waals surface area (Å²) in [5, 5.41) is 10.1. The molecule has 0 saturated carbocycles. The predicted molar refractivity (Wildman–Crippen MR) is 66.3 cm³/mol. The molecule has 0 unspecified atom stereocenters. The third-order valence-corrected chi connectivity index (χ3v) is 2.73. The maximum atomic E-state index is 10.1. The van der Waals surface area contributed by atoms with Crippen LogP contribution in [0.15, 0.2) is 54.6 Å². The second kappa shape index (κ2) is 4.95. The van der Waals surface area contributed by atoms with Gasteiger partial charge in [0.05, 0.1) is 6.10 Å². The van der Waals surface area contributed by atoms with Crippen LogP contribution in [-0.2, 0) is 6.42 Å². The zero-order valence-corrected chi connectivity index (χ0v) is 9.43. The zero-order chi connectivity index (χ0) is 11.4. The topological polar surface area (TPSA) is 20.2 Å². The van der Waals surface area contributed by atoms with E-state index < -0.39 is 6.10 Å². The highest BCUT2D eigenvalue weighted by Gasteiger charge is 2.07. The fourth-order valence-electron chi connectivity index (χ4n) is 1.74. The van der Waals surface area contributed by atoms with Crippen LogP contribution in [0.1, 0.15) is 22.8 Å². The van der Waals surface area contributed by atoms with E-state index in [0.29, 0.717) is 6.42 Å². The zero-order valence-electron chi connectivity index (χ0n) is 9.43. The lowest BCUT2D eigenvalue weighted by Crippen LogP contribution is -2.01. The number of aliphatic hydroxyl groups is 1. The van der Waals surface area contributed by atoms with Crippen LogP contribution in [0.2, 0.25) is 0 Å². The molecule has 1 N–H and O–H groups in total. The maximum absolute atomic E-state index is 10.1. The van der Waals surface area contributed by atoms with Crippen LogP contribution in [0.4, 0.5) is 0 Å². The minimum Gasteiger partial charge on any atom is -0.388 e. The van der Waals surface area contributed by atoms with Gasteiger partial charge in [0.2, 0.25) is 0 Å². The lowest BCUT2D eigenvalue weighted by atomic mass is 10.0. The van der Waals surface area contributed by atoms with Crippen molar-refractivity contribution >= 4 is 0 Å². The Balaban J connectivity index is 2.09.